The number of rotatable bonds is 6. The molecule has 1 aromatic rings. The van der Waals surface area contributed by atoms with Crippen molar-refractivity contribution in [3.8, 4) is 5.75 Å². The molecule has 0 saturated carbocycles. The Hall–Kier alpha value is -1.59. The fraction of sp³-hybridized carbons (Fsp3) is 0.500. The van der Waals surface area contributed by atoms with Crippen LogP contribution in [0, 0.1) is 0 Å². The van der Waals surface area contributed by atoms with Crippen LogP contribution in [0.2, 0.25) is 0 Å². The minimum Gasteiger partial charge on any atom is -0.483 e. The minimum atomic E-state index is -0.603. The summed E-state index contributed by atoms with van der Waals surface area (Å²) in [6.07, 6.45) is 0. The number of carbonyl (C=O) groups excluding carboxylic acids is 1. The molecule has 5 heteroatoms. The summed E-state index contributed by atoms with van der Waals surface area (Å²) >= 11 is 0. The first kappa shape index (κ1) is 15.5. The predicted octanol–water partition coefficient (Wildman–Crippen LogP) is 0.753. The second-order valence-electron chi connectivity index (χ2n) is 5.02. The number of ether oxygens (including phenoxy) is 1. The summed E-state index contributed by atoms with van der Waals surface area (Å²) in [5.41, 5.74) is 5.86. The van der Waals surface area contributed by atoms with E-state index < -0.39 is 5.54 Å². The molecule has 0 aliphatic carbocycles. The summed E-state index contributed by atoms with van der Waals surface area (Å²) in [7, 11) is 1.65. The van der Waals surface area contributed by atoms with Crippen LogP contribution in [0.5, 0.6) is 5.75 Å². The van der Waals surface area contributed by atoms with Crippen molar-refractivity contribution in [1.82, 2.24) is 4.90 Å². The third kappa shape index (κ3) is 3.94. The molecular formula is C14H22N2O3. The lowest BCUT2D eigenvalue weighted by atomic mass is 10.1. The number of carbonyl (C=O) groups is 1. The molecule has 3 N–H and O–H groups in total. The molecular weight excluding hydrogens is 244 g/mol. The minimum absolute atomic E-state index is 0.0725. The van der Waals surface area contributed by atoms with Gasteiger partial charge in [-0.05, 0) is 19.9 Å². The molecule has 19 heavy (non-hydrogen) atoms. The van der Waals surface area contributed by atoms with Crippen molar-refractivity contribution in [2.24, 2.45) is 5.73 Å². The number of hydrogen-bond donors (Lipinski definition) is 2. The molecule has 106 valence electrons. The molecule has 0 aliphatic rings. The van der Waals surface area contributed by atoms with Gasteiger partial charge in [-0.2, -0.15) is 0 Å². The van der Waals surface area contributed by atoms with E-state index in [1.54, 1.807) is 27.0 Å². The average molecular weight is 266 g/mol. The highest BCUT2D eigenvalue weighted by atomic mass is 16.5. The third-order valence-corrected chi connectivity index (χ3v) is 3.21. The van der Waals surface area contributed by atoms with Crippen molar-refractivity contribution in [1.29, 1.82) is 0 Å². The molecule has 0 unspecified atom stereocenters. The number of benzene rings is 1. The van der Waals surface area contributed by atoms with Gasteiger partial charge in [0.2, 0.25) is 0 Å². The Morgan fingerprint density at radius 3 is 2.63 bits per heavy atom. The second-order valence-corrected chi connectivity index (χ2v) is 5.02. The Kier molecular flexibility index (Phi) is 5.32. The van der Waals surface area contributed by atoms with E-state index in [1.807, 2.05) is 18.2 Å². The number of aliphatic hydroxyl groups is 1. The van der Waals surface area contributed by atoms with E-state index in [9.17, 15) is 9.90 Å². The van der Waals surface area contributed by atoms with Crippen LogP contribution in [0.4, 0.5) is 0 Å². The van der Waals surface area contributed by atoms with Gasteiger partial charge in [0.15, 0.2) is 6.61 Å². The van der Waals surface area contributed by atoms with Crippen molar-refractivity contribution in [2.45, 2.75) is 25.9 Å². The molecule has 0 atom stereocenters. The van der Waals surface area contributed by atoms with Crippen molar-refractivity contribution < 1.29 is 14.6 Å². The number of amides is 1. The zero-order valence-corrected chi connectivity index (χ0v) is 11.7. The van der Waals surface area contributed by atoms with E-state index in [2.05, 4.69) is 0 Å². The number of aliphatic hydroxyl groups excluding tert-OH is 1. The smallest absolute Gasteiger partial charge is 0.260 e. The first-order valence-electron chi connectivity index (χ1n) is 6.20. The fourth-order valence-corrected chi connectivity index (χ4v) is 1.49. The third-order valence-electron chi connectivity index (χ3n) is 3.21. The quantitative estimate of drug-likeness (QED) is 0.797. The van der Waals surface area contributed by atoms with Crippen LogP contribution in [0.15, 0.2) is 24.3 Å². The predicted molar refractivity (Wildman–Crippen MR) is 73.8 cm³/mol. The van der Waals surface area contributed by atoms with E-state index in [0.717, 1.165) is 5.56 Å². The van der Waals surface area contributed by atoms with Gasteiger partial charge in [-0.3, -0.25) is 4.79 Å². The number of likely N-dealkylation sites (N-methyl/N-ethyl adjacent to an activating group) is 1. The largest absolute Gasteiger partial charge is 0.483 e. The normalized spacial score (nSPS) is 11.2. The van der Waals surface area contributed by atoms with Crippen molar-refractivity contribution in [3.05, 3.63) is 29.8 Å². The van der Waals surface area contributed by atoms with Gasteiger partial charge in [0.1, 0.15) is 5.75 Å². The highest BCUT2D eigenvalue weighted by Gasteiger charge is 2.26. The van der Waals surface area contributed by atoms with Gasteiger partial charge in [-0.15, -0.1) is 0 Å². The summed E-state index contributed by atoms with van der Waals surface area (Å²) in [6.45, 7) is 3.77. The van der Waals surface area contributed by atoms with Gasteiger partial charge in [0.25, 0.3) is 5.91 Å². The van der Waals surface area contributed by atoms with E-state index in [-0.39, 0.29) is 19.1 Å². The SMILES string of the molecule is CN(C(=O)COc1ccccc1CN)C(C)(C)CO. The molecule has 1 rings (SSSR count). The average Bonchev–Trinajstić information content (AvgIpc) is 2.44. The maximum atomic E-state index is 12.0. The zero-order valence-electron chi connectivity index (χ0n) is 11.7. The molecule has 1 aromatic carbocycles. The van der Waals surface area contributed by atoms with Gasteiger partial charge >= 0.3 is 0 Å². The Bertz CT molecular complexity index is 432. The summed E-state index contributed by atoms with van der Waals surface area (Å²) in [5.74, 6) is 0.430. The summed E-state index contributed by atoms with van der Waals surface area (Å²) < 4.78 is 5.50. The molecule has 5 nitrogen and oxygen atoms in total. The van der Waals surface area contributed by atoms with Crippen LogP contribution in [-0.4, -0.2) is 41.7 Å². The van der Waals surface area contributed by atoms with Crippen molar-refractivity contribution in [2.75, 3.05) is 20.3 Å². The molecule has 0 aromatic heterocycles. The van der Waals surface area contributed by atoms with Crippen LogP contribution < -0.4 is 10.5 Å². The fourth-order valence-electron chi connectivity index (χ4n) is 1.49. The Balaban J connectivity index is 2.64. The zero-order chi connectivity index (χ0) is 14.5. The second kappa shape index (κ2) is 6.54. The van der Waals surface area contributed by atoms with Crippen LogP contribution in [0.25, 0.3) is 0 Å². The highest BCUT2D eigenvalue weighted by molar-refractivity contribution is 5.78. The lowest BCUT2D eigenvalue weighted by Crippen LogP contribution is -2.49. The van der Waals surface area contributed by atoms with Gasteiger partial charge < -0.3 is 20.5 Å². The Labute approximate surface area is 114 Å². The van der Waals surface area contributed by atoms with Crippen LogP contribution in [0.3, 0.4) is 0 Å². The standard InChI is InChI=1S/C14H22N2O3/c1-14(2,10-17)16(3)13(18)9-19-12-7-5-4-6-11(12)8-15/h4-7,17H,8-10,15H2,1-3H3. The molecule has 0 spiro atoms. The van der Waals surface area contributed by atoms with E-state index in [4.69, 9.17) is 10.5 Å². The summed E-state index contributed by atoms with van der Waals surface area (Å²) in [4.78, 5) is 13.5. The van der Waals surface area contributed by atoms with Crippen molar-refractivity contribution >= 4 is 5.91 Å². The van der Waals surface area contributed by atoms with E-state index in [0.29, 0.717) is 12.3 Å². The molecule has 0 bridgehead atoms. The molecule has 0 saturated heterocycles. The van der Waals surface area contributed by atoms with Crippen molar-refractivity contribution in [3.63, 3.8) is 0 Å². The molecule has 0 radical (unpaired) electrons. The number of nitrogens with zero attached hydrogens (tertiary/aromatic N) is 1. The molecule has 0 fully saturated rings. The topological polar surface area (TPSA) is 75.8 Å². The van der Waals surface area contributed by atoms with Gasteiger partial charge in [0.05, 0.1) is 12.1 Å². The first-order valence-corrected chi connectivity index (χ1v) is 6.20. The van der Waals surface area contributed by atoms with Gasteiger partial charge in [-0.1, -0.05) is 18.2 Å². The number of para-hydroxylation sites is 1. The number of hydrogen-bond acceptors (Lipinski definition) is 4. The van der Waals surface area contributed by atoms with E-state index >= 15 is 0 Å². The molecule has 0 aliphatic heterocycles. The Morgan fingerprint density at radius 1 is 1.42 bits per heavy atom. The van der Waals surface area contributed by atoms with E-state index in [1.165, 1.54) is 4.90 Å². The maximum Gasteiger partial charge on any atom is 0.260 e. The maximum absolute atomic E-state index is 12.0. The number of nitrogens with two attached hydrogens (primary N) is 1. The van der Waals surface area contributed by atoms with Gasteiger partial charge in [-0.25, -0.2) is 0 Å². The molecule has 1 amide bonds. The summed E-state index contributed by atoms with van der Waals surface area (Å²) in [5, 5.41) is 9.23. The Morgan fingerprint density at radius 2 is 2.05 bits per heavy atom. The van der Waals surface area contributed by atoms with Crippen LogP contribution in [0.1, 0.15) is 19.4 Å². The summed E-state index contributed by atoms with van der Waals surface area (Å²) in [6, 6.07) is 7.35. The van der Waals surface area contributed by atoms with Crippen LogP contribution in [-0.2, 0) is 11.3 Å². The molecule has 0 heterocycles. The monoisotopic (exact) mass is 266 g/mol. The highest BCUT2D eigenvalue weighted by Crippen LogP contribution is 2.18. The van der Waals surface area contributed by atoms with Gasteiger partial charge in [0, 0.05) is 19.2 Å². The van der Waals surface area contributed by atoms with Crippen LogP contribution >= 0.6 is 0 Å². The lowest BCUT2D eigenvalue weighted by Gasteiger charge is -2.33. The lowest BCUT2D eigenvalue weighted by molar-refractivity contribution is -0.138. The first-order chi connectivity index (χ1) is 8.92.